The number of rotatable bonds is 5. The summed E-state index contributed by atoms with van der Waals surface area (Å²) in [5.41, 5.74) is 19.8. The molecule has 3 aliphatic rings. The Morgan fingerprint density at radius 2 is 0.828 bits per heavy atom. The van der Waals surface area contributed by atoms with Crippen LogP contribution in [0, 0.1) is 20.8 Å². The van der Waals surface area contributed by atoms with Crippen LogP contribution in [0.15, 0.2) is 150 Å². The van der Waals surface area contributed by atoms with Gasteiger partial charge in [-0.15, -0.1) is 0 Å². The monoisotopic (exact) mass is 890 g/mol. The second-order valence-corrected chi connectivity index (χ2v) is 17.5. The summed E-state index contributed by atoms with van der Waals surface area (Å²) in [4.78, 5) is 46.1. The molecule has 306 valence electrons. The minimum Gasteiger partial charge on any atom is -0.354 e. The van der Waals surface area contributed by atoms with Crippen molar-refractivity contribution in [1.82, 2.24) is 19.9 Å². The van der Waals surface area contributed by atoms with Crippen LogP contribution in [0.25, 0.3) is 96.5 Å². The molecular weight excluding hydrogens is 853 g/mol. The lowest BCUT2D eigenvalue weighted by Crippen LogP contribution is -2.16. The Balaban J connectivity index is 1.24. The lowest BCUT2D eigenvalue weighted by molar-refractivity contribution is 0.100. The summed E-state index contributed by atoms with van der Waals surface area (Å²) < 4.78 is 0.738. The molecule has 0 amide bonds. The number of hydrogen-bond acceptors (Lipinski definition) is 4. The first-order chi connectivity index (χ1) is 31.1. The third-order valence-corrected chi connectivity index (χ3v) is 12.7. The van der Waals surface area contributed by atoms with E-state index in [0.717, 1.165) is 93.8 Å². The molecule has 1 aliphatic carbocycles. The Hall–Kier alpha value is -7.74. The normalized spacial score (nSPS) is 13.0. The summed E-state index contributed by atoms with van der Waals surface area (Å²) in [5, 5.41) is 0. The maximum atomic E-state index is 14.1. The van der Waals surface area contributed by atoms with Gasteiger partial charge in [-0.05, 0) is 127 Å². The molecule has 0 spiro atoms. The number of halogens is 1. The Bertz CT molecular complexity index is 3510. The molecule has 64 heavy (non-hydrogen) atoms. The summed E-state index contributed by atoms with van der Waals surface area (Å²) in [6.45, 7) is 6.29. The molecule has 0 radical (unpaired) electrons. The highest BCUT2D eigenvalue weighted by Crippen LogP contribution is 2.40. The Morgan fingerprint density at radius 1 is 0.422 bits per heavy atom. The lowest BCUT2D eigenvalue weighted by Gasteiger charge is -2.16. The van der Waals surface area contributed by atoms with Crippen LogP contribution in [0.4, 0.5) is 0 Å². The number of benzene rings is 5. The van der Waals surface area contributed by atoms with E-state index in [4.69, 9.17) is 9.97 Å². The van der Waals surface area contributed by atoms with Crippen molar-refractivity contribution in [3.05, 3.63) is 206 Å². The number of nitrogens with zero attached hydrogens (tertiary/aromatic N) is 2. The van der Waals surface area contributed by atoms with Crippen molar-refractivity contribution in [3.63, 3.8) is 0 Å². The number of fused-ring (bicyclic) bond motifs is 9. The molecular formula is C57H39BrN4O2. The van der Waals surface area contributed by atoms with Gasteiger partial charge in [0.2, 0.25) is 0 Å². The van der Waals surface area contributed by atoms with Crippen molar-refractivity contribution in [2.45, 2.75) is 20.8 Å². The lowest BCUT2D eigenvalue weighted by atomic mass is 9.85. The van der Waals surface area contributed by atoms with Crippen LogP contribution in [0.3, 0.4) is 0 Å². The van der Waals surface area contributed by atoms with E-state index in [1.54, 1.807) is 18.2 Å². The number of hydrogen-bond donors (Lipinski definition) is 2. The largest absolute Gasteiger partial charge is 0.354 e. The van der Waals surface area contributed by atoms with Gasteiger partial charge in [-0.2, -0.15) is 0 Å². The number of Topliss-reactive ketones (excluding diaryl/α,β-unsaturated/α-hetero) is 1. The Kier molecular flexibility index (Phi) is 9.51. The summed E-state index contributed by atoms with van der Waals surface area (Å²) in [5.74, 6) is -0.397. The Morgan fingerprint density at radius 3 is 1.27 bits per heavy atom. The fourth-order valence-electron chi connectivity index (χ4n) is 8.98. The number of aryl methyl sites for hydroxylation is 3. The molecule has 5 aromatic carbocycles. The van der Waals surface area contributed by atoms with Crippen LogP contribution < -0.4 is 0 Å². The molecule has 0 saturated carbocycles. The van der Waals surface area contributed by atoms with Gasteiger partial charge in [0.1, 0.15) is 0 Å². The molecule has 7 heteroatoms. The molecule has 2 N–H and O–H groups in total. The fraction of sp³-hybridized carbons (Fsp3) is 0.0526. The number of aromatic amines is 2. The molecule has 5 heterocycles. The van der Waals surface area contributed by atoms with Crippen molar-refractivity contribution >= 4 is 79.4 Å². The van der Waals surface area contributed by atoms with Crippen molar-refractivity contribution in [3.8, 4) is 44.5 Å². The van der Waals surface area contributed by atoms with Crippen LogP contribution >= 0.6 is 15.9 Å². The highest BCUT2D eigenvalue weighted by molar-refractivity contribution is 9.10. The summed E-state index contributed by atoms with van der Waals surface area (Å²) in [7, 11) is 0. The molecule has 0 atom stereocenters. The van der Waals surface area contributed by atoms with E-state index < -0.39 is 0 Å². The van der Waals surface area contributed by atoms with Crippen molar-refractivity contribution < 1.29 is 9.59 Å². The van der Waals surface area contributed by atoms with Crippen LogP contribution in [-0.4, -0.2) is 31.5 Å². The number of H-pyrrole nitrogens is 2. The highest BCUT2D eigenvalue weighted by Gasteiger charge is 2.27. The molecule has 0 saturated heterocycles. The predicted molar refractivity (Wildman–Crippen MR) is 266 cm³/mol. The summed E-state index contributed by atoms with van der Waals surface area (Å²) in [6, 6.07) is 47.2. The van der Waals surface area contributed by atoms with Crippen LogP contribution in [0.1, 0.15) is 65.7 Å². The van der Waals surface area contributed by atoms with Crippen LogP contribution in [0.5, 0.6) is 0 Å². The molecule has 6 nitrogen and oxygen atoms in total. The zero-order chi connectivity index (χ0) is 43.6. The van der Waals surface area contributed by atoms with E-state index in [1.807, 2.05) is 24.3 Å². The van der Waals surface area contributed by atoms with Gasteiger partial charge < -0.3 is 9.97 Å². The minimum absolute atomic E-state index is 0.198. The highest BCUT2D eigenvalue weighted by atomic mass is 79.9. The van der Waals surface area contributed by atoms with Crippen molar-refractivity contribution in [1.29, 1.82) is 0 Å². The smallest absolute Gasteiger partial charge is 0.194 e. The van der Waals surface area contributed by atoms with Gasteiger partial charge in [-0.3, -0.25) is 9.59 Å². The van der Waals surface area contributed by atoms with Gasteiger partial charge in [0, 0.05) is 65.5 Å². The van der Waals surface area contributed by atoms with E-state index in [2.05, 4.69) is 168 Å². The number of aromatic nitrogens is 4. The Labute approximate surface area is 378 Å². The van der Waals surface area contributed by atoms with Gasteiger partial charge in [0.25, 0.3) is 0 Å². The molecule has 11 rings (SSSR count). The zero-order valence-electron chi connectivity index (χ0n) is 35.3. The fourth-order valence-corrected chi connectivity index (χ4v) is 9.34. The molecule has 8 bridgehead atoms. The number of carbonyl (C=O) groups is 2. The van der Waals surface area contributed by atoms with Gasteiger partial charge in [0.05, 0.1) is 22.8 Å². The second kappa shape index (κ2) is 15.6. The van der Waals surface area contributed by atoms with E-state index in [-0.39, 0.29) is 11.6 Å². The van der Waals surface area contributed by atoms with Gasteiger partial charge in [-0.25, -0.2) is 9.97 Å². The molecule has 2 aliphatic heterocycles. The molecule has 0 unspecified atom stereocenters. The summed E-state index contributed by atoms with van der Waals surface area (Å²) in [6.07, 6.45) is 9.83. The average molecular weight is 892 g/mol. The third-order valence-electron chi connectivity index (χ3n) is 12.2. The van der Waals surface area contributed by atoms with Crippen LogP contribution in [0.2, 0.25) is 0 Å². The quantitative estimate of drug-likeness (QED) is 0.180. The minimum atomic E-state index is -0.199. The van der Waals surface area contributed by atoms with E-state index in [9.17, 15) is 9.59 Å². The number of ketones is 2. The first-order valence-electron chi connectivity index (χ1n) is 21.2. The van der Waals surface area contributed by atoms with Gasteiger partial charge in [-0.1, -0.05) is 124 Å². The molecule has 3 aromatic heterocycles. The van der Waals surface area contributed by atoms with E-state index >= 15 is 0 Å². The molecule has 8 aromatic rings. The maximum Gasteiger partial charge on any atom is 0.194 e. The first kappa shape index (κ1) is 39.1. The topological polar surface area (TPSA) is 91.5 Å². The van der Waals surface area contributed by atoms with Gasteiger partial charge in [0.15, 0.2) is 11.6 Å². The number of nitrogens with one attached hydrogen (secondary N) is 2. The first-order valence-corrected chi connectivity index (χ1v) is 22.0. The number of carbonyl (C=O) groups excluding carboxylic acids is 2. The number of allylic oxidation sites excluding steroid dienone is 2. The third kappa shape index (κ3) is 6.91. The maximum absolute atomic E-state index is 14.1. The summed E-state index contributed by atoms with van der Waals surface area (Å²) >= 11 is 3.49. The van der Waals surface area contributed by atoms with E-state index in [1.165, 1.54) is 22.8 Å². The molecule has 0 fully saturated rings. The standard InChI is InChI=1S/C57H39BrN4O2/c1-32-7-13-35(14-8-32)53-44-21-23-46(59-44)54(36-15-9-33(2)10-16-36)48-25-27-50(61-48)56(39-6-4-5-38(29-39)42-31-52(63)41-20-19-40(58)30-43(41)57(42)64)51-28-26-49(62-51)55(47-24-22-45(53)60-47)37-17-11-34(3)12-18-37/h4-31,59,62H,1-3H3. The van der Waals surface area contributed by atoms with Crippen molar-refractivity contribution in [2.75, 3.05) is 0 Å². The van der Waals surface area contributed by atoms with E-state index in [0.29, 0.717) is 22.3 Å². The predicted octanol–water partition coefficient (Wildman–Crippen LogP) is 14.5. The zero-order valence-corrected chi connectivity index (χ0v) is 36.8. The van der Waals surface area contributed by atoms with Crippen molar-refractivity contribution in [2.24, 2.45) is 0 Å². The SMILES string of the molecule is Cc1ccc(-c2c3nc(c(-c4ccc(C)cc4)c4ccc([nH]4)c(-c4cccc(C5=CC(=O)c6ccc(Br)cc6C5=O)c4)c4nc(c(-c5ccc(C)cc5)c5ccc2[nH]5)C=C4)C=C3)cc1. The van der Waals surface area contributed by atoms with Crippen LogP contribution in [-0.2, 0) is 0 Å². The van der Waals surface area contributed by atoms with Gasteiger partial charge >= 0.3 is 0 Å². The average Bonchev–Trinajstić information content (AvgIpc) is 4.15. The second-order valence-electron chi connectivity index (χ2n) is 16.6.